The van der Waals surface area contributed by atoms with E-state index in [1.807, 2.05) is 6.92 Å². The molecule has 0 saturated heterocycles. The molecule has 0 amide bonds. The fourth-order valence-electron chi connectivity index (χ4n) is 0.986. The van der Waals surface area contributed by atoms with Gasteiger partial charge in [-0.3, -0.25) is 4.98 Å². The summed E-state index contributed by atoms with van der Waals surface area (Å²) in [5.74, 6) is 0.0164. The molecule has 1 unspecified atom stereocenters. The van der Waals surface area contributed by atoms with Gasteiger partial charge < -0.3 is 14.8 Å². The molecule has 0 bridgehead atoms. The minimum atomic E-state index is -0.504. The van der Waals surface area contributed by atoms with E-state index < -0.39 is 5.97 Å². The molecule has 1 atom stereocenters. The Morgan fingerprint density at radius 3 is 2.88 bits per heavy atom. The van der Waals surface area contributed by atoms with Crippen LogP contribution < -0.4 is 5.32 Å². The highest BCUT2D eigenvalue weighted by Crippen LogP contribution is 2.03. The Morgan fingerprint density at radius 1 is 1.50 bits per heavy atom. The third-order valence-electron chi connectivity index (χ3n) is 2.00. The zero-order chi connectivity index (χ0) is 12.0. The zero-order valence-electron chi connectivity index (χ0n) is 9.56. The van der Waals surface area contributed by atoms with E-state index in [1.54, 1.807) is 7.11 Å². The highest BCUT2D eigenvalue weighted by Gasteiger charge is 2.08. The lowest BCUT2D eigenvalue weighted by Gasteiger charge is -2.11. The Kier molecular flexibility index (Phi) is 4.65. The lowest BCUT2D eigenvalue weighted by atomic mass is 10.4. The molecule has 1 heterocycles. The van der Waals surface area contributed by atoms with E-state index in [9.17, 15) is 4.79 Å². The average Bonchev–Trinajstić information content (AvgIpc) is 2.35. The number of ether oxygens (including phenoxy) is 2. The van der Waals surface area contributed by atoms with E-state index >= 15 is 0 Å². The van der Waals surface area contributed by atoms with Crippen LogP contribution in [0.25, 0.3) is 0 Å². The van der Waals surface area contributed by atoms with Gasteiger partial charge in [-0.25, -0.2) is 9.78 Å². The summed E-state index contributed by atoms with van der Waals surface area (Å²) in [6.07, 6.45) is 2.95. The van der Waals surface area contributed by atoms with Gasteiger partial charge in [0, 0.05) is 13.7 Å². The number of aromatic nitrogens is 2. The van der Waals surface area contributed by atoms with Crippen molar-refractivity contribution in [2.45, 2.75) is 13.0 Å². The van der Waals surface area contributed by atoms with Crippen LogP contribution in [0.1, 0.15) is 17.4 Å². The van der Waals surface area contributed by atoms with Crippen LogP contribution in [-0.2, 0) is 9.47 Å². The standard InChI is InChI=1S/C10H15N3O3/c1-7(15-2)4-12-9-6-11-5-8(13-9)10(14)16-3/h5-7H,4H2,1-3H3,(H,12,13). The number of hydrogen-bond donors (Lipinski definition) is 1. The SMILES string of the molecule is COC(=O)c1cncc(NCC(C)OC)n1. The van der Waals surface area contributed by atoms with E-state index in [2.05, 4.69) is 20.0 Å². The van der Waals surface area contributed by atoms with Gasteiger partial charge in [-0.2, -0.15) is 0 Å². The summed E-state index contributed by atoms with van der Waals surface area (Å²) < 4.78 is 9.61. The third kappa shape index (κ3) is 3.47. The molecular weight excluding hydrogens is 210 g/mol. The van der Waals surface area contributed by atoms with Crippen molar-refractivity contribution in [3.05, 3.63) is 18.1 Å². The molecule has 6 heteroatoms. The number of carbonyl (C=O) groups is 1. The van der Waals surface area contributed by atoms with Gasteiger partial charge >= 0.3 is 5.97 Å². The number of carbonyl (C=O) groups excluding carboxylic acids is 1. The molecule has 0 aromatic carbocycles. The largest absolute Gasteiger partial charge is 0.464 e. The van der Waals surface area contributed by atoms with Crippen molar-refractivity contribution in [1.82, 2.24) is 9.97 Å². The number of esters is 1. The van der Waals surface area contributed by atoms with E-state index in [1.165, 1.54) is 19.5 Å². The summed E-state index contributed by atoms with van der Waals surface area (Å²) in [7, 11) is 2.93. The predicted molar refractivity (Wildman–Crippen MR) is 58.3 cm³/mol. The Bertz CT molecular complexity index is 357. The van der Waals surface area contributed by atoms with Gasteiger partial charge in [0.05, 0.1) is 25.6 Å². The number of methoxy groups -OCH3 is 2. The maximum absolute atomic E-state index is 11.2. The van der Waals surface area contributed by atoms with E-state index in [4.69, 9.17) is 4.74 Å². The van der Waals surface area contributed by atoms with Crippen molar-refractivity contribution in [3.63, 3.8) is 0 Å². The normalized spacial score (nSPS) is 11.9. The fourth-order valence-corrected chi connectivity index (χ4v) is 0.986. The summed E-state index contributed by atoms with van der Waals surface area (Å²) >= 11 is 0. The first-order valence-electron chi connectivity index (χ1n) is 4.84. The zero-order valence-corrected chi connectivity index (χ0v) is 9.56. The van der Waals surface area contributed by atoms with Crippen LogP contribution in [0, 0.1) is 0 Å². The van der Waals surface area contributed by atoms with Crippen LogP contribution in [0.3, 0.4) is 0 Å². The Labute approximate surface area is 94.0 Å². The van der Waals surface area contributed by atoms with Gasteiger partial charge in [0.2, 0.25) is 0 Å². The van der Waals surface area contributed by atoms with Crippen LogP contribution in [0.4, 0.5) is 5.82 Å². The second-order valence-electron chi connectivity index (χ2n) is 3.21. The predicted octanol–water partition coefficient (Wildman–Crippen LogP) is 0.710. The fraction of sp³-hybridized carbons (Fsp3) is 0.500. The van der Waals surface area contributed by atoms with Crippen molar-refractivity contribution < 1.29 is 14.3 Å². The summed E-state index contributed by atoms with van der Waals surface area (Å²) in [4.78, 5) is 19.1. The molecule has 0 aliphatic heterocycles. The maximum Gasteiger partial charge on any atom is 0.358 e. The Balaban J connectivity index is 2.64. The molecule has 0 saturated carbocycles. The average molecular weight is 225 g/mol. The van der Waals surface area contributed by atoms with Gasteiger partial charge in [-0.1, -0.05) is 0 Å². The first-order chi connectivity index (χ1) is 7.67. The highest BCUT2D eigenvalue weighted by molar-refractivity contribution is 5.87. The number of nitrogens with one attached hydrogen (secondary N) is 1. The van der Waals surface area contributed by atoms with Crippen molar-refractivity contribution >= 4 is 11.8 Å². The summed E-state index contributed by atoms with van der Waals surface area (Å²) in [5, 5.41) is 3.01. The molecule has 6 nitrogen and oxygen atoms in total. The van der Waals surface area contributed by atoms with Crippen LogP contribution in [0.5, 0.6) is 0 Å². The van der Waals surface area contributed by atoms with Gasteiger partial charge in [-0.05, 0) is 6.92 Å². The minimum absolute atomic E-state index is 0.0589. The van der Waals surface area contributed by atoms with Crippen molar-refractivity contribution in [3.8, 4) is 0 Å². The molecule has 0 aliphatic rings. The molecule has 16 heavy (non-hydrogen) atoms. The first kappa shape index (κ1) is 12.4. The second-order valence-corrected chi connectivity index (χ2v) is 3.21. The number of rotatable bonds is 5. The molecule has 0 radical (unpaired) electrons. The maximum atomic E-state index is 11.2. The van der Waals surface area contributed by atoms with Crippen molar-refractivity contribution in [2.75, 3.05) is 26.1 Å². The van der Waals surface area contributed by atoms with Crippen LogP contribution in [0.15, 0.2) is 12.4 Å². The second kappa shape index (κ2) is 6.02. The van der Waals surface area contributed by atoms with Gasteiger partial charge in [0.1, 0.15) is 5.82 Å². The molecule has 0 fully saturated rings. The monoisotopic (exact) mass is 225 g/mol. The number of anilines is 1. The van der Waals surface area contributed by atoms with Gasteiger partial charge in [0.25, 0.3) is 0 Å². The first-order valence-corrected chi connectivity index (χ1v) is 4.84. The smallest absolute Gasteiger partial charge is 0.358 e. The molecule has 1 aromatic rings. The summed E-state index contributed by atoms with van der Waals surface area (Å²) in [6, 6.07) is 0. The molecule has 0 spiro atoms. The van der Waals surface area contributed by atoms with Crippen LogP contribution in [0.2, 0.25) is 0 Å². The Morgan fingerprint density at radius 2 is 2.25 bits per heavy atom. The summed E-state index contributed by atoms with van der Waals surface area (Å²) in [5.41, 5.74) is 0.178. The molecule has 1 aromatic heterocycles. The number of nitrogens with zero attached hydrogens (tertiary/aromatic N) is 2. The van der Waals surface area contributed by atoms with Gasteiger partial charge in [-0.15, -0.1) is 0 Å². The molecule has 1 rings (SSSR count). The molecular formula is C10H15N3O3. The van der Waals surface area contributed by atoms with E-state index in [-0.39, 0.29) is 11.8 Å². The van der Waals surface area contributed by atoms with E-state index in [0.717, 1.165) is 0 Å². The minimum Gasteiger partial charge on any atom is -0.464 e. The Hall–Kier alpha value is -1.69. The quantitative estimate of drug-likeness (QED) is 0.744. The third-order valence-corrected chi connectivity index (χ3v) is 2.00. The summed E-state index contributed by atoms with van der Waals surface area (Å²) in [6.45, 7) is 2.51. The van der Waals surface area contributed by atoms with Crippen molar-refractivity contribution in [2.24, 2.45) is 0 Å². The van der Waals surface area contributed by atoms with E-state index in [0.29, 0.717) is 12.4 Å². The lowest BCUT2D eigenvalue weighted by Crippen LogP contribution is -2.19. The molecule has 88 valence electrons. The molecule has 1 N–H and O–H groups in total. The van der Waals surface area contributed by atoms with Crippen LogP contribution >= 0.6 is 0 Å². The highest BCUT2D eigenvalue weighted by atomic mass is 16.5. The molecule has 0 aliphatic carbocycles. The number of hydrogen-bond acceptors (Lipinski definition) is 6. The topological polar surface area (TPSA) is 73.3 Å². The van der Waals surface area contributed by atoms with Crippen LogP contribution in [-0.4, -0.2) is 42.8 Å². The van der Waals surface area contributed by atoms with Gasteiger partial charge in [0.15, 0.2) is 5.69 Å². The van der Waals surface area contributed by atoms with Crippen molar-refractivity contribution in [1.29, 1.82) is 0 Å². The lowest BCUT2D eigenvalue weighted by molar-refractivity contribution is 0.0593.